The van der Waals surface area contributed by atoms with E-state index in [4.69, 9.17) is 11.6 Å². The van der Waals surface area contributed by atoms with Gasteiger partial charge in [0.25, 0.3) is 5.91 Å². The molecule has 2 aromatic carbocycles. The molecule has 2 aromatic rings. The Morgan fingerprint density at radius 2 is 1.72 bits per heavy atom. The lowest BCUT2D eigenvalue weighted by atomic mass is 9.83. The molecule has 0 spiro atoms. The highest BCUT2D eigenvalue weighted by Gasteiger charge is 2.42. The van der Waals surface area contributed by atoms with Crippen molar-refractivity contribution in [2.75, 3.05) is 6.26 Å². The number of carbonyl (C=O) groups is 1. The second kappa shape index (κ2) is 8.09. The number of nitrogens with one attached hydrogen (secondary N) is 1. The van der Waals surface area contributed by atoms with E-state index in [-0.39, 0.29) is 24.0 Å². The van der Waals surface area contributed by atoms with E-state index < -0.39 is 10.0 Å². The highest BCUT2D eigenvalue weighted by molar-refractivity contribution is 7.88. The van der Waals surface area contributed by atoms with E-state index in [1.165, 1.54) is 6.26 Å². The van der Waals surface area contributed by atoms with Gasteiger partial charge in [-0.25, -0.2) is 13.1 Å². The largest absolute Gasteiger partial charge is 0.327 e. The van der Waals surface area contributed by atoms with Gasteiger partial charge in [0.1, 0.15) is 0 Å². The van der Waals surface area contributed by atoms with Gasteiger partial charge in [-0.15, -0.1) is 0 Å². The van der Waals surface area contributed by atoms with Crippen molar-refractivity contribution in [2.45, 2.75) is 50.2 Å². The monoisotopic (exact) mass is 432 g/mol. The summed E-state index contributed by atoms with van der Waals surface area (Å²) in [4.78, 5) is 15.5. The number of amides is 1. The molecule has 29 heavy (non-hydrogen) atoms. The van der Waals surface area contributed by atoms with Crippen LogP contribution in [-0.4, -0.2) is 37.6 Å². The molecule has 1 aliphatic heterocycles. The Hall–Kier alpha value is -1.89. The summed E-state index contributed by atoms with van der Waals surface area (Å²) in [6.07, 6.45) is 5.33. The molecule has 1 aliphatic carbocycles. The fraction of sp³-hybridized carbons (Fsp3) is 0.409. The minimum atomic E-state index is -3.37. The zero-order valence-corrected chi connectivity index (χ0v) is 17.9. The maximum atomic E-state index is 13.6. The molecular weight excluding hydrogens is 408 g/mol. The van der Waals surface area contributed by atoms with Gasteiger partial charge in [0, 0.05) is 22.7 Å². The minimum Gasteiger partial charge on any atom is -0.327 e. The molecule has 3 atom stereocenters. The van der Waals surface area contributed by atoms with Crippen LogP contribution in [0.3, 0.4) is 0 Å². The van der Waals surface area contributed by atoms with Gasteiger partial charge in [0.15, 0.2) is 0 Å². The van der Waals surface area contributed by atoms with Crippen molar-refractivity contribution in [3.8, 4) is 0 Å². The lowest BCUT2D eigenvalue weighted by Gasteiger charge is -2.46. The predicted molar refractivity (Wildman–Crippen MR) is 115 cm³/mol. The molecule has 0 unspecified atom stereocenters. The molecule has 1 saturated carbocycles. The third kappa shape index (κ3) is 4.34. The molecule has 7 heteroatoms. The van der Waals surface area contributed by atoms with Crippen molar-refractivity contribution in [3.63, 3.8) is 0 Å². The summed E-state index contributed by atoms with van der Waals surface area (Å²) in [5.74, 6) is -0.0287. The van der Waals surface area contributed by atoms with Crippen LogP contribution in [-0.2, 0) is 16.4 Å². The lowest BCUT2D eigenvalue weighted by Crippen LogP contribution is -2.57. The Morgan fingerprint density at radius 1 is 1.03 bits per heavy atom. The number of halogens is 1. The fourth-order valence-corrected chi connectivity index (χ4v) is 5.65. The van der Waals surface area contributed by atoms with Gasteiger partial charge in [0.2, 0.25) is 10.0 Å². The van der Waals surface area contributed by atoms with Crippen LogP contribution in [0.15, 0.2) is 48.5 Å². The standard InChI is InChI=1S/C22H25ClN2O3S/c1-29(27,28)24-19-8-4-5-9-20(19)25-21(15-10-12-17(23)13-11-15)14-16-6-2-3-7-18(16)22(25)26/h2-3,6-7,10-13,19-21,24H,4-5,8-9,14H2,1H3/t19-,20-,21+/m0/s1. The number of fused-ring (bicyclic) bond motifs is 1. The first-order chi connectivity index (χ1) is 13.8. The van der Waals surface area contributed by atoms with Crippen LogP contribution in [0.25, 0.3) is 0 Å². The first-order valence-corrected chi connectivity index (χ1v) is 12.2. The summed E-state index contributed by atoms with van der Waals surface area (Å²) < 4.78 is 26.7. The number of hydrogen-bond acceptors (Lipinski definition) is 3. The van der Waals surface area contributed by atoms with Gasteiger partial charge in [-0.2, -0.15) is 0 Å². The van der Waals surface area contributed by atoms with Gasteiger partial charge in [-0.05, 0) is 48.6 Å². The summed E-state index contributed by atoms with van der Waals surface area (Å²) in [6, 6.07) is 14.7. The zero-order chi connectivity index (χ0) is 20.6. The maximum Gasteiger partial charge on any atom is 0.254 e. The van der Waals surface area contributed by atoms with Crippen LogP contribution in [0.2, 0.25) is 5.02 Å². The average molecular weight is 433 g/mol. The molecule has 2 aliphatic rings. The summed E-state index contributed by atoms with van der Waals surface area (Å²) in [6.45, 7) is 0. The van der Waals surface area contributed by atoms with Crippen LogP contribution in [0.4, 0.5) is 0 Å². The van der Waals surface area contributed by atoms with Crippen molar-refractivity contribution < 1.29 is 13.2 Å². The molecule has 5 nitrogen and oxygen atoms in total. The summed E-state index contributed by atoms with van der Waals surface area (Å²) >= 11 is 6.08. The van der Waals surface area contributed by atoms with E-state index in [0.717, 1.165) is 36.8 Å². The molecular formula is C22H25ClN2O3S. The number of benzene rings is 2. The van der Waals surface area contributed by atoms with Crippen molar-refractivity contribution in [1.29, 1.82) is 0 Å². The molecule has 1 N–H and O–H groups in total. The van der Waals surface area contributed by atoms with E-state index in [9.17, 15) is 13.2 Å². The molecule has 0 saturated heterocycles. The molecule has 0 aromatic heterocycles. The van der Waals surface area contributed by atoms with Crippen LogP contribution in [0.5, 0.6) is 0 Å². The SMILES string of the molecule is CS(=O)(=O)N[C@H]1CCCC[C@@H]1N1C(=O)c2ccccc2C[C@@H]1c1ccc(Cl)cc1. The quantitative estimate of drug-likeness (QED) is 0.795. The van der Waals surface area contributed by atoms with E-state index >= 15 is 0 Å². The first kappa shape index (κ1) is 20.4. The number of hydrogen-bond donors (Lipinski definition) is 1. The van der Waals surface area contributed by atoms with Gasteiger partial charge in [-0.1, -0.05) is 54.8 Å². The Balaban J connectivity index is 1.77. The van der Waals surface area contributed by atoms with Crippen LogP contribution in [0, 0.1) is 0 Å². The van der Waals surface area contributed by atoms with E-state index in [1.54, 1.807) is 0 Å². The number of rotatable bonds is 4. The number of carbonyl (C=O) groups excluding carboxylic acids is 1. The third-order valence-electron chi connectivity index (χ3n) is 5.94. The van der Waals surface area contributed by atoms with Gasteiger partial charge >= 0.3 is 0 Å². The lowest BCUT2D eigenvalue weighted by molar-refractivity contribution is 0.0421. The fourth-order valence-electron chi connectivity index (χ4n) is 4.70. The smallest absolute Gasteiger partial charge is 0.254 e. The Labute approximate surface area is 177 Å². The van der Waals surface area contributed by atoms with Crippen molar-refractivity contribution in [2.24, 2.45) is 0 Å². The van der Waals surface area contributed by atoms with Crippen LogP contribution < -0.4 is 4.72 Å². The Bertz CT molecular complexity index is 1010. The molecule has 154 valence electrons. The van der Waals surface area contributed by atoms with Crippen molar-refractivity contribution in [1.82, 2.24) is 9.62 Å². The average Bonchev–Trinajstić information content (AvgIpc) is 2.68. The third-order valence-corrected chi connectivity index (χ3v) is 6.92. The Kier molecular flexibility index (Phi) is 5.69. The van der Waals surface area contributed by atoms with Gasteiger partial charge < -0.3 is 4.90 Å². The normalized spacial score (nSPS) is 25.0. The molecule has 0 bridgehead atoms. The van der Waals surface area contributed by atoms with E-state index in [1.807, 2.05) is 53.4 Å². The van der Waals surface area contributed by atoms with Crippen molar-refractivity contribution >= 4 is 27.5 Å². The maximum absolute atomic E-state index is 13.6. The molecule has 4 rings (SSSR count). The van der Waals surface area contributed by atoms with Crippen molar-refractivity contribution in [3.05, 3.63) is 70.2 Å². The molecule has 0 radical (unpaired) electrons. The van der Waals surface area contributed by atoms with E-state index in [0.29, 0.717) is 17.0 Å². The van der Waals surface area contributed by atoms with E-state index in [2.05, 4.69) is 4.72 Å². The highest BCUT2D eigenvalue weighted by Crippen LogP contribution is 2.38. The second-order valence-electron chi connectivity index (χ2n) is 7.99. The summed E-state index contributed by atoms with van der Waals surface area (Å²) in [5, 5.41) is 0.650. The minimum absolute atomic E-state index is 0.0287. The predicted octanol–water partition coefficient (Wildman–Crippen LogP) is 3.94. The van der Waals surface area contributed by atoms with Gasteiger partial charge in [-0.3, -0.25) is 4.79 Å². The van der Waals surface area contributed by atoms with Crippen LogP contribution in [0.1, 0.15) is 53.2 Å². The molecule has 1 heterocycles. The highest BCUT2D eigenvalue weighted by atomic mass is 35.5. The zero-order valence-electron chi connectivity index (χ0n) is 16.3. The summed E-state index contributed by atoms with van der Waals surface area (Å²) in [5.41, 5.74) is 2.75. The summed E-state index contributed by atoms with van der Waals surface area (Å²) in [7, 11) is -3.37. The molecule has 1 amide bonds. The number of nitrogens with zero attached hydrogens (tertiary/aromatic N) is 1. The topological polar surface area (TPSA) is 66.5 Å². The second-order valence-corrected chi connectivity index (χ2v) is 10.2. The van der Waals surface area contributed by atoms with Gasteiger partial charge in [0.05, 0.1) is 12.3 Å². The molecule has 1 fully saturated rings. The first-order valence-electron chi connectivity index (χ1n) is 9.97. The van der Waals surface area contributed by atoms with Crippen LogP contribution >= 0.6 is 11.6 Å². The Morgan fingerprint density at radius 3 is 2.45 bits per heavy atom. The number of sulfonamides is 1.